The van der Waals surface area contributed by atoms with Gasteiger partial charge in [0.25, 0.3) is 0 Å². The number of aromatic nitrogens is 2. The minimum Gasteiger partial charge on any atom is -0.491 e. The number of ether oxygens (including phenoxy) is 1. The first-order valence-corrected chi connectivity index (χ1v) is 7.44. The Hall–Kier alpha value is -2.39. The van der Waals surface area contributed by atoms with Crippen molar-refractivity contribution >= 4 is 0 Å². The minimum atomic E-state index is 0.201. The molecule has 0 bridgehead atoms. The molecule has 1 fully saturated rings. The molecule has 0 N–H and O–H groups in total. The SMILES string of the molecule is Cc1nc([C@H]2CCCN2CCOc2ccccc2C#N)no1. The topological polar surface area (TPSA) is 75.2 Å². The number of aryl methyl sites for hydroxylation is 1. The van der Waals surface area contributed by atoms with E-state index in [0.717, 1.165) is 31.8 Å². The number of rotatable bonds is 5. The van der Waals surface area contributed by atoms with Crippen molar-refractivity contribution in [2.45, 2.75) is 25.8 Å². The van der Waals surface area contributed by atoms with E-state index in [4.69, 9.17) is 14.5 Å². The second kappa shape index (κ2) is 6.58. The molecule has 6 heteroatoms. The molecule has 1 aromatic carbocycles. The average molecular weight is 298 g/mol. The fraction of sp³-hybridized carbons (Fsp3) is 0.438. The molecule has 0 spiro atoms. The highest BCUT2D eigenvalue weighted by Crippen LogP contribution is 2.29. The van der Waals surface area contributed by atoms with Crippen molar-refractivity contribution in [1.29, 1.82) is 5.26 Å². The molecule has 22 heavy (non-hydrogen) atoms. The van der Waals surface area contributed by atoms with E-state index in [0.29, 0.717) is 23.8 Å². The highest BCUT2D eigenvalue weighted by Gasteiger charge is 2.29. The molecule has 1 aliphatic heterocycles. The summed E-state index contributed by atoms with van der Waals surface area (Å²) in [5.74, 6) is 1.99. The van der Waals surface area contributed by atoms with Crippen molar-refractivity contribution in [3.8, 4) is 11.8 Å². The first-order chi connectivity index (χ1) is 10.8. The van der Waals surface area contributed by atoms with Crippen LogP contribution in [0.25, 0.3) is 0 Å². The van der Waals surface area contributed by atoms with Gasteiger partial charge in [-0.15, -0.1) is 0 Å². The lowest BCUT2D eigenvalue weighted by atomic mass is 10.2. The molecule has 0 saturated carbocycles. The number of benzene rings is 1. The average Bonchev–Trinajstić information content (AvgIpc) is 3.16. The Morgan fingerprint density at radius 3 is 3.09 bits per heavy atom. The molecule has 2 aromatic rings. The highest BCUT2D eigenvalue weighted by molar-refractivity contribution is 5.42. The van der Waals surface area contributed by atoms with Crippen molar-refractivity contribution in [1.82, 2.24) is 15.0 Å². The maximum absolute atomic E-state index is 9.05. The number of para-hydroxylation sites is 1. The van der Waals surface area contributed by atoms with E-state index < -0.39 is 0 Å². The van der Waals surface area contributed by atoms with Gasteiger partial charge >= 0.3 is 0 Å². The summed E-state index contributed by atoms with van der Waals surface area (Å²) < 4.78 is 10.8. The monoisotopic (exact) mass is 298 g/mol. The largest absolute Gasteiger partial charge is 0.491 e. The predicted molar refractivity (Wildman–Crippen MR) is 79.2 cm³/mol. The third-order valence-corrected chi connectivity index (χ3v) is 3.85. The summed E-state index contributed by atoms with van der Waals surface area (Å²) in [5, 5.41) is 13.1. The van der Waals surface area contributed by atoms with E-state index in [1.807, 2.05) is 18.2 Å². The zero-order chi connectivity index (χ0) is 15.4. The maximum atomic E-state index is 9.05. The molecule has 114 valence electrons. The first-order valence-electron chi connectivity index (χ1n) is 7.44. The number of nitrogens with zero attached hydrogens (tertiary/aromatic N) is 4. The minimum absolute atomic E-state index is 0.201. The van der Waals surface area contributed by atoms with Crippen LogP contribution in [0.2, 0.25) is 0 Å². The summed E-state index contributed by atoms with van der Waals surface area (Å²) in [6.07, 6.45) is 2.15. The van der Waals surface area contributed by atoms with Gasteiger partial charge in [-0.05, 0) is 31.5 Å². The molecule has 1 aromatic heterocycles. The van der Waals surface area contributed by atoms with Crippen LogP contribution in [-0.2, 0) is 0 Å². The molecule has 0 aliphatic carbocycles. The predicted octanol–water partition coefficient (Wildman–Crippen LogP) is 2.47. The number of hydrogen-bond acceptors (Lipinski definition) is 6. The van der Waals surface area contributed by atoms with Gasteiger partial charge in [-0.3, -0.25) is 4.90 Å². The molecule has 0 radical (unpaired) electrons. The lowest BCUT2D eigenvalue weighted by Crippen LogP contribution is -2.28. The third kappa shape index (κ3) is 3.10. The van der Waals surface area contributed by atoms with Crippen molar-refractivity contribution in [2.75, 3.05) is 19.7 Å². The number of nitriles is 1. The van der Waals surface area contributed by atoms with Gasteiger partial charge in [-0.2, -0.15) is 10.2 Å². The standard InChI is InChI=1S/C16H18N4O2/c1-12-18-16(19-22-12)14-6-4-8-20(14)9-10-21-15-7-3-2-5-13(15)11-17/h2-3,5,7,14H,4,6,8-10H2,1H3/t14-/m1/s1. The van der Waals surface area contributed by atoms with Crippen LogP contribution >= 0.6 is 0 Å². The second-order valence-corrected chi connectivity index (χ2v) is 5.32. The van der Waals surface area contributed by atoms with Crippen LogP contribution in [0.15, 0.2) is 28.8 Å². The Bertz CT molecular complexity index is 677. The Balaban J connectivity index is 1.58. The van der Waals surface area contributed by atoms with Gasteiger partial charge in [0.2, 0.25) is 5.89 Å². The van der Waals surface area contributed by atoms with Gasteiger partial charge in [-0.25, -0.2) is 0 Å². The molecule has 0 unspecified atom stereocenters. The zero-order valence-electron chi connectivity index (χ0n) is 12.5. The Labute approximate surface area is 129 Å². The van der Waals surface area contributed by atoms with Crippen molar-refractivity contribution < 1.29 is 9.26 Å². The smallest absolute Gasteiger partial charge is 0.223 e. The number of hydrogen-bond donors (Lipinski definition) is 0. The molecule has 1 aliphatic rings. The van der Waals surface area contributed by atoms with Crippen molar-refractivity contribution in [3.05, 3.63) is 41.5 Å². The fourth-order valence-corrected chi connectivity index (χ4v) is 2.79. The van der Waals surface area contributed by atoms with Crippen molar-refractivity contribution in [3.63, 3.8) is 0 Å². The normalized spacial score (nSPS) is 18.3. The van der Waals surface area contributed by atoms with Crippen LogP contribution in [0.5, 0.6) is 5.75 Å². The van der Waals surface area contributed by atoms with Crippen LogP contribution < -0.4 is 4.74 Å². The van der Waals surface area contributed by atoms with Crippen LogP contribution in [0.4, 0.5) is 0 Å². The van der Waals surface area contributed by atoms with Gasteiger partial charge in [-0.1, -0.05) is 17.3 Å². The summed E-state index contributed by atoms with van der Waals surface area (Å²) in [6.45, 7) is 4.11. The zero-order valence-corrected chi connectivity index (χ0v) is 12.5. The quantitative estimate of drug-likeness (QED) is 0.844. The molecule has 3 rings (SSSR count). The van der Waals surface area contributed by atoms with E-state index in [1.165, 1.54) is 0 Å². The summed E-state index contributed by atoms with van der Waals surface area (Å²) in [5.41, 5.74) is 0.564. The third-order valence-electron chi connectivity index (χ3n) is 3.85. The van der Waals surface area contributed by atoms with E-state index in [1.54, 1.807) is 13.0 Å². The molecule has 6 nitrogen and oxygen atoms in total. The molecular formula is C16H18N4O2. The maximum Gasteiger partial charge on any atom is 0.223 e. The highest BCUT2D eigenvalue weighted by atomic mass is 16.5. The van der Waals surface area contributed by atoms with Gasteiger partial charge in [0, 0.05) is 13.5 Å². The Kier molecular flexibility index (Phi) is 4.35. The lowest BCUT2D eigenvalue weighted by molar-refractivity contribution is 0.190. The van der Waals surface area contributed by atoms with Gasteiger partial charge in [0.15, 0.2) is 5.82 Å². The number of likely N-dealkylation sites (tertiary alicyclic amines) is 1. The van der Waals surface area contributed by atoms with Crippen molar-refractivity contribution in [2.24, 2.45) is 0 Å². The summed E-state index contributed by atoms with van der Waals surface area (Å²) in [4.78, 5) is 6.64. The molecule has 1 atom stereocenters. The summed E-state index contributed by atoms with van der Waals surface area (Å²) in [6, 6.07) is 9.63. The summed E-state index contributed by atoms with van der Waals surface area (Å²) >= 11 is 0. The van der Waals surface area contributed by atoms with Crippen LogP contribution in [0, 0.1) is 18.3 Å². The van der Waals surface area contributed by atoms with E-state index in [9.17, 15) is 0 Å². The second-order valence-electron chi connectivity index (χ2n) is 5.32. The van der Waals surface area contributed by atoms with Gasteiger partial charge < -0.3 is 9.26 Å². The van der Waals surface area contributed by atoms with E-state index in [-0.39, 0.29) is 6.04 Å². The molecular weight excluding hydrogens is 280 g/mol. The van der Waals surface area contributed by atoms with E-state index in [2.05, 4.69) is 21.1 Å². The fourth-order valence-electron chi connectivity index (χ4n) is 2.79. The van der Waals surface area contributed by atoms with Gasteiger partial charge in [0.05, 0.1) is 11.6 Å². The molecule has 1 saturated heterocycles. The summed E-state index contributed by atoms with van der Waals surface area (Å²) in [7, 11) is 0. The molecule has 2 heterocycles. The van der Waals surface area contributed by atoms with Crippen LogP contribution in [-0.4, -0.2) is 34.7 Å². The van der Waals surface area contributed by atoms with E-state index >= 15 is 0 Å². The Morgan fingerprint density at radius 1 is 1.45 bits per heavy atom. The van der Waals surface area contributed by atoms with Crippen LogP contribution in [0.1, 0.15) is 36.2 Å². The Morgan fingerprint density at radius 2 is 2.32 bits per heavy atom. The van der Waals surface area contributed by atoms with Crippen LogP contribution in [0.3, 0.4) is 0 Å². The van der Waals surface area contributed by atoms with Gasteiger partial charge in [0.1, 0.15) is 18.4 Å². The first kappa shape index (κ1) is 14.5. The molecule has 0 amide bonds. The lowest BCUT2D eigenvalue weighted by Gasteiger charge is -2.21.